The van der Waals surface area contributed by atoms with Gasteiger partial charge in [-0.3, -0.25) is 4.79 Å². The molecule has 4 nitrogen and oxygen atoms in total. The van der Waals surface area contributed by atoms with E-state index in [-0.39, 0.29) is 18.1 Å². The SMILES string of the molecule is COc1cc(C=O)c(C=CCO)cc1O. The fourth-order valence-electron chi connectivity index (χ4n) is 1.19. The van der Waals surface area contributed by atoms with E-state index in [4.69, 9.17) is 9.84 Å². The molecule has 0 saturated heterocycles. The highest BCUT2D eigenvalue weighted by molar-refractivity contribution is 5.83. The molecule has 0 saturated carbocycles. The van der Waals surface area contributed by atoms with E-state index in [1.165, 1.54) is 25.3 Å². The zero-order chi connectivity index (χ0) is 11.3. The molecule has 1 rings (SSSR count). The zero-order valence-corrected chi connectivity index (χ0v) is 8.30. The van der Waals surface area contributed by atoms with Crippen LogP contribution < -0.4 is 4.74 Å². The topological polar surface area (TPSA) is 66.8 Å². The van der Waals surface area contributed by atoms with Gasteiger partial charge in [0.25, 0.3) is 0 Å². The number of carbonyl (C=O) groups is 1. The Morgan fingerprint density at radius 3 is 2.67 bits per heavy atom. The van der Waals surface area contributed by atoms with Gasteiger partial charge >= 0.3 is 0 Å². The van der Waals surface area contributed by atoms with E-state index in [1.807, 2.05) is 0 Å². The van der Waals surface area contributed by atoms with Gasteiger partial charge in [-0.05, 0) is 17.7 Å². The van der Waals surface area contributed by atoms with Crippen LogP contribution in [0.25, 0.3) is 6.08 Å². The Bertz CT molecular complexity index is 382. The molecule has 0 radical (unpaired) electrons. The highest BCUT2D eigenvalue weighted by atomic mass is 16.5. The Hall–Kier alpha value is -1.81. The van der Waals surface area contributed by atoms with Gasteiger partial charge in [-0.2, -0.15) is 0 Å². The molecule has 2 N–H and O–H groups in total. The summed E-state index contributed by atoms with van der Waals surface area (Å²) in [6.07, 6.45) is 3.70. The molecule has 1 aromatic rings. The third-order valence-electron chi connectivity index (χ3n) is 1.91. The summed E-state index contributed by atoms with van der Waals surface area (Å²) in [6, 6.07) is 2.86. The van der Waals surface area contributed by atoms with Crippen LogP contribution in [0.15, 0.2) is 18.2 Å². The number of aliphatic hydroxyl groups is 1. The van der Waals surface area contributed by atoms with Gasteiger partial charge in [0.2, 0.25) is 0 Å². The number of rotatable bonds is 4. The van der Waals surface area contributed by atoms with Crippen LogP contribution in [0, 0.1) is 0 Å². The van der Waals surface area contributed by atoms with Crippen LogP contribution in [0.2, 0.25) is 0 Å². The van der Waals surface area contributed by atoms with Crippen molar-refractivity contribution in [2.75, 3.05) is 13.7 Å². The lowest BCUT2D eigenvalue weighted by Crippen LogP contribution is -1.91. The van der Waals surface area contributed by atoms with Crippen molar-refractivity contribution in [2.45, 2.75) is 0 Å². The molecule has 0 unspecified atom stereocenters. The van der Waals surface area contributed by atoms with Crippen molar-refractivity contribution in [3.05, 3.63) is 29.3 Å². The molecular weight excluding hydrogens is 196 g/mol. The van der Waals surface area contributed by atoms with Gasteiger partial charge in [0.1, 0.15) is 0 Å². The number of hydrogen-bond acceptors (Lipinski definition) is 4. The van der Waals surface area contributed by atoms with Gasteiger partial charge in [0.15, 0.2) is 17.8 Å². The van der Waals surface area contributed by atoms with E-state index in [2.05, 4.69) is 0 Å². The lowest BCUT2D eigenvalue weighted by Gasteiger charge is -2.06. The summed E-state index contributed by atoms with van der Waals surface area (Å²) in [5, 5.41) is 18.1. The molecule has 15 heavy (non-hydrogen) atoms. The highest BCUT2D eigenvalue weighted by Gasteiger charge is 2.06. The van der Waals surface area contributed by atoms with Crippen molar-refractivity contribution in [3.8, 4) is 11.5 Å². The first kappa shape index (κ1) is 11.3. The second-order valence-corrected chi connectivity index (χ2v) is 2.86. The maximum absolute atomic E-state index is 10.7. The van der Waals surface area contributed by atoms with Crippen molar-refractivity contribution < 1.29 is 19.7 Å². The summed E-state index contributed by atoms with van der Waals surface area (Å²) >= 11 is 0. The van der Waals surface area contributed by atoms with Crippen molar-refractivity contribution >= 4 is 12.4 Å². The number of methoxy groups -OCH3 is 1. The van der Waals surface area contributed by atoms with Gasteiger partial charge in [-0.1, -0.05) is 12.2 Å². The molecule has 0 atom stereocenters. The van der Waals surface area contributed by atoms with Crippen LogP contribution in [0.4, 0.5) is 0 Å². The average molecular weight is 208 g/mol. The molecule has 0 heterocycles. The van der Waals surface area contributed by atoms with Gasteiger partial charge in [-0.25, -0.2) is 0 Å². The minimum atomic E-state index is -0.120. The van der Waals surface area contributed by atoms with Crippen molar-refractivity contribution in [1.82, 2.24) is 0 Å². The minimum Gasteiger partial charge on any atom is -0.504 e. The standard InChI is InChI=1S/C11H12O4/c1-15-11-6-9(7-13)8(3-2-4-12)5-10(11)14/h2-3,5-7,12,14H,4H2,1H3. The number of carbonyl (C=O) groups excluding carboxylic acids is 1. The van der Waals surface area contributed by atoms with E-state index < -0.39 is 0 Å². The average Bonchev–Trinajstić information content (AvgIpc) is 2.26. The lowest BCUT2D eigenvalue weighted by atomic mass is 10.1. The normalized spacial score (nSPS) is 10.5. The number of phenolic OH excluding ortho intramolecular Hbond substituents is 1. The highest BCUT2D eigenvalue weighted by Crippen LogP contribution is 2.29. The molecule has 0 amide bonds. The van der Waals surface area contributed by atoms with Gasteiger partial charge < -0.3 is 14.9 Å². The van der Waals surface area contributed by atoms with Crippen LogP contribution in [-0.4, -0.2) is 30.2 Å². The lowest BCUT2D eigenvalue weighted by molar-refractivity contribution is 0.112. The van der Waals surface area contributed by atoms with Gasteiger partial charge in [0, 0.05) is 5.56 Å². The predicted molar refractivity (Wildman–Crippen MR) is 56.2 cm³/mol. The molecule has 4 heteroatoms. The van der Waals surface area contributed by atoms with Crippen LogP contribution in [0.5, 0.6) is 11.5 Å². The molecule has 0 bridgehead atoms. The van der Waals surface area contributed by atoms with E-state index >= 15 is 0 Å². The smallest absolute Gasteiger partial charge is 0.161 e. The quantitative estimate of drug-likeness (QED) is 0.730. The second kappa shape index (κ2) is 5.17. The van der Waals surface area contributed by atoms with Crippen LogP contribution in [0.1, 0.15) is 15.9 Å². The van der Waals surface area contributed by atoms with Gasteiger partial charge in [0.05, 0.1) is 13.7 Å². The predicted octanol–water partition coefficient (Wildman–Crippen LogP) is 1.22. The number of phenols is 1. The maximum Gasteiger partial charge on any atom is 0.161 e. The second-order valence-electron chi connectivity index (χ2n) is 2.86. The van der Waals surface area contributed by atoms with Crippen molar-refractivity contribution in [2.24, 2.45) is 0 Å². The minimum absolute atomic E-state index is 0.0410. The van der Waals surface area contributed by atoms with Crippen LogP contribution in [0.3, 0.4) is 0 Å². The number of aliphatic hydroxyl groups excluding tert-OH is 1. The maximum atomic E-state index is 10.7. The number of hydrogen-bond donors (Lipinski definition) is 2. The molecule has 0 aliphatic heterocycles. The third-order valence-corrected chi connectivity index (χ3v) is 1.91. The Labute approximate surface area is 87.4 Å². The Morgan fingerprint density at radius 2 is 2.13 bits per heavy atom. The molecule has 0 fully saturated rings. The Morgan fingerprint density at radius 1 is 1.40 bits per heavy atom. The Kier molecular flexibility index (Phi) is 3.88. The zero-order valence-electron chi connectivity index (χ0n) is 8.30. The van der Waals surface area contributed by atoms with E-state index in [1.54, 1.807) is 6.08 Å². The molecule has 1 aromatic carbocycles. The summed E-state index contributed by atoms with van der Waals surface area (Å²) in [7, 11) is 1.41. The fraction of sp³-hybridized carbons (Fsp3) is 0.182. The first-order valence-electron chi connectivity index (χ1n) is 4.36. The molecule has 0 spiro atoms. The summed E-state index contributed by atoms with van der Waals surface area (Å²) in [5.41, 5.74) is 0.937. The first-order chi connectivity index (χ1) is 7.22. The first-order valence-corrected chi connectivity index (χ1v) is 4.36. The molecule has 0 aliphatic carbocycles. The molecule has 0 aromatic heterocycles. The monoisotopic (exact) mass is 208 g/mol. The van der Waals surface area contributed by atoms with E-state index in [9.17, 15) is 9.90 Å². The molecule has 0 aliphatic rings. The third kappa shape index (κ3) is 2.57. The summed E-state index contributed by atoms with van der Waals surface area (Å²) in [5.74, 6) is 0.207. The number of benzene rings is 1. The summed E-state index contributed by atoms with van der Waals surface area (Å²) < 4.78 is 4.86. The summed E-state index contributed by atoms with van der Waals surface area (Å²) in [6.45, 7) is -0.120. The van der Waals surface area contributed by atoms with Crippen LogP contribution in [-0.2, 0) is 0 Å². The largest absolute Gasteiger partial charge is 0.504 e. The molecular formula is C11H12O4. The van der Waals surface area contributed by atoms with Crippen molar-refractivity contribution in [3.63, 3.8) is 0 Å². The van der Waals surface area contributed by atoms with E-state index in [0.29, 0.717) is 17.4 Å². The summed E-state index contributed by atoms with van der Waals surface area (Å²) in [4.78, 5) is 10.7. The number of aldehydes is 1. The van der Waals surface area contributed by atoms with E-state index in [0.717, 1.165) is 0 Å². The number of ether oxygens (including phenoxy) is 1. The van der Waals surface area contributed by atoms with Crippen LogP contribution >= 0.6 is 0 Å². The number of aromatic hydroxyl groups is 1. The molecule has 80 valence electrons. The van der Waals surface area contributed by atoms with Gasteiger partial charge in [-0.15, -0.1) is 0 Å². The van der Waals surface area contributed by atoms with Crippen molar-refractivity contribution in [1.29, 1.82) is 0 Å². The Balaban J connectivity index is 3.21. The fourth-order valence-corrected chi connectivity index (χ4v) is 1.19.